The zero-order valence-corrected chi connectivity index (χ0v) is 23.2. The summed E-state index contributed by atoms with van der Waals surface area (Å²) in [5.74, 6) is -0.251. The molecule has 206 valence electrons. The zero-order chi connectivity index (χ0) is 28.2. The molecule has 0 aliphatic heterocycles. The number of aryl methyl sites for hydroxylation is 1. The summed E-state index contributed by atoms with van der Waals surface area (Å²) < 4.78 is 0. The maximum absolute atomic E-state index is 12.3. The van der Waals surface area contributed by atoms with Gasteiger partial charge in [0, 0.05) is 37.9 Å². The molecule has 1 aromatic heterocycles. The minimum absolute atomic E-state index is 0.0260. The number of aromatic nitrogens is 2. The number of carbonyl (C=O) groups is 3. The quantitative estimate of drug-likeness (QED) is 0.274. The number of carbonyl (C=O) groups excluding carboxylic acids is 3. The summed E-state index contributed by atoms with van der Waals surface area (Å²) >= 11 is 0. The number of nitrogens with one attached hydrogen (secondary N) is 3. The van der Waals surface area contributed by atoms with Crippen LogP contribution in [0.5, 0.6) is 0 Å². The number of nitrogens with zero attached hydrogens (tertiary/aromatic N) is 4. The van der Waals surface area contributed by atoms with Gasteiger partial charge in [-0.3, -0.25) is 14.4 Å². The lowest BCUT2D eigenvalue weighted by Gasteiger charge is -2.17. The number of amides is 3. The Kier molecular flexibility index (Phi) is 11.7. The summed E-state index contributed by atoms with van der Waals surface area (Å²) in [6.45, 7) is 6.96. The highest BCUT2D eigenvalue weighted by Gasteiger charge is 2.18. The van der Waals surface area contributed by atoms with Gasteiger partial charge in [0.1, 0.15) is 5.82 Å². The number of anilines is 3. The molecule has 2 aromatic rings. The highest BCUT2D eigenvalue weighted by molar-refractivity contribution is 5.96. The van der Waals surface area contributed by atoms with E-state index in [-0.39, 0.29) is 35.9 Å². The molecule has 0 atom stereocenters. The van der Waals surface area contributed by atoms with Crippen LogP contribution in [0.1, 0.15) is 42.5 Å². The number of benzene rings is 1. The van der Waals surface area contributed by atoms with Gasteiger partial charge in [-0.25, -0.2) is 9.97 Å². The summed E-state index contributed by atoms with van der Waals surface area (Å²) in [5, 5.41) is 9.28. The van der Waals surface area contributed by atoms with Crippen LogP contribution in [0.15, 0.2) is 36.4 Å². The first-order valence-electron chi connectivity index (χ1n) is 12.7. The van der Waals surface area contributed by atoms with E-state index in [1.807, 2.05) is 64.0 Å². The Hall–Kier alpha value is -3.99. The van der Waals surface area contributed by atoms with E-state index in [1.165, 1.54) is 11.0 Å². The van der Waals surface area contributed by atoms with Crippen LogP contribution in [0.2, 0.25) is 0 Å². The number of hydrogen-bond donors (Lipinski definition) is 4. The standard InChI is InChI=1S/C27H40N8O3/c1-7-21-26(30-18(2)3)33-27(24(32-21)25(28)38)31-20-11-8-10-19(16-20)13-14-29-22(36)17-35(6)23(37)12-9-15-34(4)5/h8-12,16,18H,7,13-15,17H2,1-6H3,(H2,28,38)(H,29,36)(H2,30,31,33)/b12-9+. The van der Waals surface area contributed by atoms with E-state index in [0.29, 0.717) is 43.1 Å². The lowest BCUT2D eigenvalue weighted by molar-refractivity contribution is -0.131. The first-order valence-corrected chi connectivity index (χ1v) is 12.7. The predicted octanol–water partition coefficient (Wildman–Crippen LogP) is 1.94. The number of rotatable bonds is 14. The third kappa shape index (κ3) is 9.81. The van der Waals surface area contributed by atoms with Gasteiger partial charge in [0.25, 0.3) is 5.91 Å². The highest BCUT2D eigenvalue weighted by Crippen LogP contribution is 2.23. The lowest BCUT2D eigenvalue weighted by Crippen LogP contribution is -2.38. The van der Waals surface area contributed by atoms with Crippen molar-refractivity contribution >= 4 is 35.0 Å². The number of hydrogen-bond acceptors (Lipinski definition) is 8. The fraction of sp³-hybridized carbons (Fsp3) is 0.444. The Balaban J connectivity index is 2.01. The van der Waals surface area contributed by atoms with Gasteiger partial charge in [-0.1, -0.05) is 25.1 Å². The zero-order valence-electron chi connectivity index (χ0n) is 23.2. The minimum atomic E-state index is -0.665. The molecule has 1 aromatic carbocycles. The molecule has 38 heavy (non-hydrogen) atoms. The highest BCUT2D eigenvalue weighted by atomic mass is 16.2. The Bertz CT molecular complexity index is 1150. The third-order valence-electron chi connectivity index (χ3n) is 5.38. The molecule has 3 amide bonds. The summed E-state index contributed by atoms with van der Waals surface area (Å²) in [4.78, 5) is 48.8. The van der Waals surface area contributed by atoms with Gasteiger partial charge in [-0.15, -0.1) is 0 Å². The SMILES string of the molecule is CCc1nc(C(N)=O)c(Nc2cccc(CCNC(=O)CN(C)C(=O)/C=C/CN(C)C)c2)nc1NC(C)C. The van der Waals surface area contributed by atoms with Crippen molar-refractivity contribution in [2.45, 2.75) is 39.7 Å². The monoisotopic (exact) mass is 524 g/mol. The second-order valence-electron chi connectivity index (χ2n) is 9.52. The molecule has 0 aliphatic rings. The smallest absolute Gasteiger partial charge is 0.271 e. The van der Waals surface area contributed by atoms with E-state index in [1.54, 1.807) is 13.1 Å². The largest absolute Gasteiger partial charge is 0.366 e. The van der Waals surface area contributed by atoms with E-state index in [0.717, 1.165) is 5.56 Å². The molecule has 0 bridgehead atoms. The fourth-order valence-corrected chi connectivity index (χ4v) is 3.49. The van der Waals surface area contributed by atoms with Gasteiger partial charge in [0.2, 0.25) is 11.8 Å². The van der Waals surface area contributed by atoms with E-state index in [2.05, 4.69) is 25.9 Å². The van der Waals surface area contributed by atoms with Gasteiger partial charge in [0.15, 0.2) is 11.5 Å². The first kappa shape index (κ1) is 30.2. The van der Waals surface area contributed by atoms with E-state index in [4.69, 9.17) is 5.73 Å². The van der Waals surface area contributed by atoms with Gasteiger partial charge < -0.3 is 31.5 Å². The minimum Gasteiger partial charge on any atom is -0.366 e. The van der Waals surface area contributed by atoms with Gasteiger partial charge in [0.05, 0.1) is 12.2 Å². The Morgan fingerprint density at radius 3 is 2.47 bits per heavy atom. The molecule has 0 spiro atoms. The van der Waals surface area contributed by atoms with Crippen molar-refractivity contribution in [2.75, 3.05) is 51.4 Å². The fourth-order valence-electron chi connectivity index (χ4n) is 3.49. The van der Waals surface area contributed by atoms with Crippen molar-refractivity contribution in [3.05, 3.63) is 53.4 Å². The Morgan fingerprint density at radius 2 is 1.84 bits per heavy atom. The molecule has 0 unspecified atom stereocenters. The summed E-state index contributed by atoms with van der Waals surface area (Å²) in [6.07, 6.45) is 4.40. The predicted molar refractivity (Wildman–Crippen MR) is 150 cm³/mol. The van der Waals surface area contributed by atoms with Gasteiger partial charge in [-0.2, -0.15) is 0 Å². The molecular formula is C27H40N8O3. The van der Waals surface area contributed by atoms with E-state index >= 15 is 0 Å². The topological polar surface area (TPSA) is 146 Å². The van der Waals surface area contributed by atoms with Crippen LogP contribution in [-0.2, 0) is 22.4 Å². The molecule has 5 N–H and O–H groups in total. The molecule has 11 heteroatoms. The number of primary amides is 1. The van der Waals surface area contributed by atoms with Gasteiger partial charge in [-0.05, 0) is 58.5 Å². The van der Waals surface area contributed by atoms with Crippen LogP contribution < -0.4 is 21.7 Å². The normalized spacial score (nSPS) is 11.2. The third-order valence-corrected chi connectivity index (χ3v) is 5.38. The molecule has 2 rings (SSSR count). The summed E-state index contributed by atoms with van der Waals surface area (Å²) in [6, 6.07) is 7.71. The van der Waals surface area contributed by atoms with Crippen LogP contribution in [0, 0.1) is 0 Å². The first-order chi connectivity index (χ1) is 18.0. The molecule has 11 nitrogen and oxygen atoms in total. The Morgan fingerprint density at radius 1 is 1.11 bits per heavy atom. The molecule has 0 aliphatic carbocycles. The summed E-state index contributed by atoms with van der Waals surface area (Å²) in [7, 11) is 5.42. The van der Waals surface area contributed by atoms with Crippen LogP contribution in [0.3, 0.4) is 0 Å². The second kappa shape index (κ2) is 14.7. The number of nitrogens with two attached hydrogens (primary N) is 1. The Labute approximate surface area is 224 Å². The second-order valence-corrected chi connectivity index (χ2v) is 9.52. The van der Waals surface area contributed by atoms with Crippen LogP contribution in [-0.4, -0.2) is 84.3 Å². The van der Waals surface area contributed by atoms with Crippen molar-refractivity contribution in [1.82, 2.24) is 25.1 Å². The summed E-state index contributed by atoms with van der Waals surface area (Å²) in [5.41, 5.74) is 8.00. The van der Waals surface area contributed by atoms with Gasteiger partial charge >= 0.3 is 0 Å². The van der Waals surface area contributed by atoms with Crippen molar-refractivity contribution in [2.24, 2.45) is 5.73 Å². The molecule has 1 heterocycles. The maximum atomic E-state index is 12.3. The number of likely N-dealkylation sites (N-methyl/N-ethyl adjacent to an activating group) is 2. The van der Waals surface area contributed by atoms with Crippen molar-refractivity contribution < 1.29 is 14.4 Å². The van der Waals surface area contributed by atoms with Crippen LogP contribution >= 0.6 is 0 Å². The molecule has 0 saturated carbocycles. The average Bonchev–Trinajstić information content (AvgIpc) is 2.83. The maximum Gasteiger partial charge on any atom is 0.271 e. The van der Waals surface area contributed by atoms with E-state index < -0.39 is 5.91 Å². The van der Waals surface area contributed by atoms with E-state index in [9.17, 15) is 14.4 Å². The van der Waals surface area contributed by atoms with Crippen molar-refractivity contribution in [1.29, 1.82) is 0 Å². The van der Waals surface area contributed by atoms with Crippen molar-refractivity contribution in [3.63, 3.8) is 0 Å². The average molecular weight is 525 g/mol. The van der Waals surface area contributed by atoms with Crippen molar-refractivity contribution in [3.8, 4) is 0 Å². The van der Waals surface area contributed by atoms with Crippen LogP contribution in [0.25, 0.3) is 0 Å². The molecule has 0 saturated heterocycles. The molecular weight excluding hydrogens is 484 g/mol. The molecule has 0 fully saturated rings. The van der Waals surface area contributed by atoms with Crippen LogP contribution in [0.4, 0.5) is 17.3 Å². The lowest BCUT2D eigenvalue weighted by atomic mass is 10.1. The molecule has 0 radical (unpaired) electrons.